The molecule has 0 heterocycles. The Morgan fingerprint density at radius 3 is 2.41 bits per heavy atom. The summed E-state index contributed by atoms with van der Waals surface area (Å²) in [6.07, 6.45) is 0. The Balaban J connectivity index is 2.27. The fourth-order valence-electron chi connectivity index (χ4n) is 2.21. The molecule has 116 valence electrons. The van der Waals surface area contributed by atoms with Gasteiger partial charge in [0.1, 0.15) is 11.6 Å². The molecular formula is C18H19FO3. The van der Waals surface area contributed by atoms with Gasteiger partial charge in [-0.2, -0.15) is 0 Å². The zero-order chi connectivity index (χ0) is 16.1. The second-order valence-corrected chi connectivity index (χ2v) is 4.94. The lowest BCUT2D eigenvalue weighted by molar-refractivity contribution is -0.144. The molecule has 0 fully saturated rings. The molecular weight excluding hydrogens is 283 g/mol. The second-order valence-electron chi connectivity index (χ2n) is 4.94. The Kier molecular flexibility index (Phi) is 5.15. The number of hydrogen-bond acceptors (Lipinski definition) is 3. The van der Waals surface area contributed by atoms with Crippen molar-refractivity contribution >= 4 is 5.97 Å². The number of carbonyl (C=O) groups excluding carboxylic acids is 1. The quantitative estimate of drug-likeness (QED) is 0.778. The summed E-state index contributed by atoms with van der Waals surface area (Å²) in [7, 11) is 1.58. The summed E-state index contributed by atoms with van der Waals surface area (Å²) in [5, 5.41) is 0. The topological polar surface area (TPSA) is 35.5 Å². The first kappa shape index (κ1) is 16.0. The van der Waals surface area contributed by atoms with Gasteiger partial charge in [0.25, 0.3) is 0 Å². The number of methoxy groups -OCH3 is 1. The SMILES string of the molecule is CCOC(=O)C(C)c1ccc(-c2ccc(OC)cc2)c(F)c1. The molecule has 0 bridgehead atoms. The van der Waals surface area contributed by atoms with E-state index in [9.17, 15) is 9.18 Å². The maximum Gasteiger partial charge on any atom is 0.313 e. The van der Waals surface area contributed by atoms with E-state index in [4.69, 9.17) is 9.47 Å². The van der Waals surface area contributed by atoms with Crippen molar-refractivity contribution in [2.45, 2.75) is 19.8 Å². The monoisotopic (exact) mass is 302 g/mol. The van der Waals surface area contributed by atoms with Crippen LogP contribution in [0.25, 0.3) is 11.1 Å². The summed E-state index contributed by atoms with van der Waals surface area (Å²) in [5.41, 5.74) is 1.85. The first-order valence-corrected chi connectivity index (χ1v) is 7.17. The summed E-state index contributed by atoms with van der Waals surface area (Å²) >= 11 is 0. The highest BCUT2D eigenvalue weighted by Crippen LogP contribution is 2.28. The molecule has 0 spiro atoms. The summed E-state index contributed by atoms with van der Waals surface area (Å²) < 4.78 is 24.4. The van der Waals surface area contributed by atoms with Crippen LogP contribution in [-0.2, 0) is 9.53 Å². The second kappa shape index (κ2) is 7.07. The van der Waals surface area contributed by atoms with Gasteiger partial charge in [0.05, 0.1) is 19.6 Å². The molecule has 0 amide bonds. The lowest BCUT2D eigenvalue weighted by atomic mass is 9.97. The number of ether oxygens (including phenoxy) is 2. The molecule has 0 aliphatic heterocycles. The Morgan fingerprint density at radius 1 is 1.18 bits per heavy atom. The molecule has 0 saturated heterocycles. The van der Waals surface area contributed by atoms with Gasteiger partial charge in [0.2, 0.25) is 0 Å². The van der Waals surface area contributed by atoms with Crippen LogP contribution in [0.15, 0.2) is 42.5 Å². The molecule has 0 aliphatic rings. The van der Waals surface area contributed by atoms with Gasteiger partial charge >= 0.3 is 5.97 Å². The molecule has 4 heteroatoms. The van der Waals surface area contributed by atoms with Crippen molar-refractivity contribution in [1.29, 1.82) is 0 Å². The van der Waals surface area contributed by atoms with E-state index in [0.717, 1.165) is 11.3 Å². The third kappa shape index (κ3) is 3.45. The van der Waals surface area contributed by atoms with Gasteiger partial charge in [-0.25, -0.2) is 4.39 Å². The van der Waals surface area contributed by atoms with Crippen molar-refractivity contribution in [2.24, 2.45) is 0 Å². The summed E-state index contributed by atoms with van der Waals surface area (Å²) in [6.45, 7) is 3.77. The Labute approximate surface area is 129 Å². The minimum atomic E-state index is -0.487. The average molecular weight is 302 g/mol. The van der Waals surface area contributed by atoms with E-state index in [1.807, 2.05) is 0 Å². The van der Waals surface area contributed by atoms with Gasteiger partial charge in [-0.3, -0.25) is 4.79 Å². The third-order valence-electron chi connectivity index (χ3n) is 3.53. The summed E-state index contributed by atoms with van der Waals surface area (Å²) in [6, 6.07) is 12.0. The summed E-state index contributed by atoms with van der Waals surface area (Å²) in [5.74, 6) is -0.478. The molecule has 0 radical (unpaired) electrons. The number of carbonyl (C=O) groups is 1. The zero-order valence-corrected chi connectivity index (χ0v) is 12.9. The first-order valence-electron chi connectivity index (χ1n) is 7.17. The van der Waals surface area contributed by atoms with Gasteiger partial charge in [-0.1, -0.05) is 24.3 Å². The molecule has 0 aromatic heterocycles. The van der Waals surface area contributed by atoms with Crippen LogP contribution < -0.4 is 4.74 Å². The van der Waals surface area contributed by atoms with Crippen molar-refractivity contribution < 1.29 is 18.7 Å². The number of esters is 1. The third-order valence-corrected chi connectivity index (χ3v) is 3.53. The highest BCUT2D eigenvalue weighted by molar-refractivity contribution is 5.78. The Hall–Kier alpha value is -2.36. The van der Waals surface area contributed by atoms with Gasteiger partial charge in [-0.15, -0.1) is 0 Å². The predicted molar refractivity (Wildman–Crippen MR) is 83.4 cm³/mol. The van der Waals surface area contributed by atoms with Gasteiger partial charge in [-0.05, 0) is 43.2 Å². The molecule has 1 unspecified atom stereocenters. The Morgan fingerprint density at radius 2 is 1.86 bits per heavy atom. The molecule has 1 atom stereocenters. The molecule has 0 aliphatic carbocycles. The Bertz CT molecular complexity index is 650. The van der Waals surface area contributed by atoms with E-state index in [1.165, 1.54) is 6.07 Å². The highest BCUT2D eigenvalue weighted by Gasteiger charge is 2.18. The molecule has 0 saturated carbocycles. The van der Waals surface area contributed by atoms with E-state index in [-0.39, 0.29) is 11.8 Å². The first-order chi connectivity index (χ1) is 10.6. The van der Waals surface area contributed by atoms with Crippen molar-refractivity contribution in [1.82, 2.24) is 0 Å². The zero-order valence-electron chi connectivity index (χ0n) is 12.9. The predicted octanol–water partition coefficient (Wildman–Crippen LogP) is 4.17. The molecule has 2 rings (SSSR count). The van der Waals surface area contributed by atoms with Crippen molar-refractivity contribution in [3.05, 3.63) is 53.8 Å². The van der Waals surface area contributed by atoms with Crippen LogP contribution in [0, 0.1) is 5.82 Å². The van der Waals surface area contributed by atoms with E-state index in [2.05, 4.69) is 0 Å². The number of hydrogen-bond donors (Lipinski definition) is 0. The van der Waals surface area contributed by atoms with Crippen molar-refractivity contribution in [3.8, 4) is 16.9 Å². The molecule has 3 nitrogen and oxygen atoms in total. The highest BCUT2D eigenvalue weighted by atomic mass is 19.1. The van der Waals surface area contributed by atoms with Crippen LogP contribution in [0.4, 0.5) is 4.39 Å². The van der Waals surface area contributed by atoms with Crippen LogP contribution >= 0.6 is 0 Å². The standard InChI is InChI=1S/C18H19FO3/c1-4-22-18(20)12(2)14-7-10-16(17(19)11-14)13-5-8-15(21-3)9-6-13/h5-12H,4H2,1-3H3. The minimum absolute atomic E-state index is 0.315. The average Bonchev–Trinajstić information content (AvgIpc) is 2.54. The fourth-order valence-corrected chi connectivity index (χ4v) is 2.21. The maximum atomic E-state index is 14.3. The lowest BCUT2D eigenvalue weighted by Gasteiger charge is -2.12. The van der Waals surface area contributed by atoms with Crippen molar-refractivity contribution in [2.75, 3.05) is 13.7 Å². The molecule has 2 aromatic rings. The maximum absolute atomic E-state index is 14.3. The van der Waals surface area contributed by atoms with Gasteiger partial charge < -0.3 is 9.47 Å². The fraction of sp³-hybridized carbons (Fsp3) is 0.278. The van der Waals surface area contributed by atoms with Gasteiger partial charge in [0.15, 0.2) is 0 Å². The van der Waals surface area contributed by atoms with Crippen LogP contribution in [-0.4, -0.2) is 19.7 Å². The van der Waals surface area contributed by atoms with Crippen LogP contribution in [0.3, 0.4) is 0 Å². The van der Waals surface area contributed by atoms with Crippen LogP contribution in [0.1, 0.15) is 25.3 Å². The number of benzene rings is 2. The molecule has 0 N–H and O–H groups in total. The van der Waals surface area contributed by atoms with E-state index < -0.39 is 5.92 Å². The molecule has 2 aromatic carbocycles. The summed E-state index contributed by atoms with van der Waals surface area (Å²) in [4.78, 5) is 11.7. The number of halogens is 1. The van der Waals surface area contributed by atoms with E-state index in [1.54, 1.807) is 57.4 Å². The van der Waals surface area contributed by atoms with Crippen LogP contribution in [0.5, 0.6) is 5.75 Å². The smallest absolute Gasteiger partial charge is 0.313 e. The van der Waals surface area contributed by atoms with Gasteiger partial charge in [0, 0.05) is 5.56 Å². The minimum Gasteiger partial charge on any atom is -0.497 e. The largest absolute Gasteiger partial charge is 0.497 e. The van der Waals surface area contributed by atoms with E-state index >= 15 is 0 Å². The normalized spacial score (nSPS) is 11.8. The van der Waals surface area contributed by atoms with Crippen LogP contribution in [0.2, 0.25) is 0 Å². The number of rotatable bonds is 5. The molecule has 22 heavy (non-hydrogen) atoms. The lowest BCUT2D eigenvalue weighted by Crippen LogP contribution is -2.13. The van der Waals surface area contributed by atoms with Crippen molar-refractivity contribution in [3.63, 3.8) is 0 Å². The van der Waals surface area contributed by atoms with E-state index in [0.29, 0.717) is 17.7 Å².